The van der Waals surface area contributed by atoms with Gasteiger partial charge in [-0.2, -0.15) is 0 Å². The normalized spacial score (nSPS) is 16.1. The zero-order chi connectivity index (χ0) is 16.5. The van der Waals surface area contributed by atoms with Crippen LogP contribution in [0.1, 0.15) is 38.7 Å². The molecule has 1 aliphatic rings. The van der Waals surface area contributed by atoms with Gasteiger partial charge in [0.25, 0.3) is 0 Å². The Morgan fingerprint density at radius 1 is 1.26 bits per heavy atom. The van der Waals surface area contributed by atoms with Crippen LogP contribution < -0.4 is 0 Å². The van der Waals surface area contributed by atoms with Gasteiger partial charge in [0.2, 0.25) is 5.91 Å². The first-order valence-corrected chi connectivity index (χ1v) is 8.72. The van der Waals surface area contributed by atoms with Crippen LogP contribution in [-0.4, -0.2) is 37.1 Å². The van der Waals surface area contributed by atoms with Crippen molar-refractivity contribution in [2.75, 3.05) is 26.3 Å². The third-order valence-electron chi connectivity index (χ3n) is 4.18. The predicted octanol–water partition coefficient (Wildman–Crippen LogP) is 4.00. The first-order valence-electron chi connectivity index (χ1n) is 8.72. The van der Waals surface area contributed by atoms with Crippen molar-refractivity contribution < 1.29 is 9.53 Å². The standard InChI is InChI=1S/C20H29NO2/c1-17(2)16-21(12-6-9-18-7-4-3-5-8-18)20(22)15-19-10-13-23-14-11-19/h3-9,17,19H,10-16H2,1-2H3/b9-6+. The summed E-state index contributed by atoms with van der Waals surface area (Å²) in [6.07, 6.45) is 6.88. The smallest absolute Gasteiger partial charge is 0.223 e. The second kappa shape index (κ2) is 9.51. The van der Waals surface area contributed by atoms with Crippen molar-refractivity contribution in [1.29, 1.82) is 0 Å². The molecule has 1 aromatic rings. The summed E-state index contributed by atoms with van der Waals surface area (Å²) in [6.45, 7) is 7.44. The molecule has 126 valence electrons. The molecule has 0 saturated carbocycles. The summed E-state index contributed by atoms with van der Waals surface area (Å²) in [5.74, 6) is 1.26. The number of rotatable bonds is 7. The molecule has 1 heterocycles. The molecule has 0 aliphatic carbocycles. The number of hydrogen-bond donors (Lipinski definition) is 0. The third-order valence-corrected chi connectivity index (χ3v) is 4.18. The fraction of sp³-hybridized carbons (Fsp3) is 0.550. The first kappa shape index (κ1) is 17.7. The van der Waals surface area contributed by atoms with Gasteiger partial charge in [-0.05, 0) is 30.2 Å². The van der Waals surface area contributed by atoms with E-state index in [0.717, 1.165) is 32.6 Å². The van der Waals surface area contributed by atoms with Crippen molar-refractivity contribution in [3.05, 3.63) is 42.0 Å². The van der Waals surface area contributed by atoms with E-state index in [2.05, 4.69) is 38.1 Å². The topological polar surface area (TPSA) is 29.5 Å². The van der Waals surface area contributed by atoms with Gasteiger partial charge in [0.1, 0.15) is 0 Å². The van der Waals surface area contributed by atoms with E-state index < -0.39 is 0 Å². The Labute approximate surface area is 140 Å². The number of ether oxygens (including phenoxy) is 1. The second-order valence-corrected chi connectivity index (χ2v) is 6.77. The summed E-state index contributed by atoms with van der Waals surface area (Å²) in [4.78, 5) is 14.6. The van der Waals surface area contributed by atoms with Crippen LogP contribution in [0, 0.1) is 11.8 Å². The van der Waals surface area contributed by atoms with Gasteiger partial charge in [-0.3, -0.25) is 4.79 Å². The van der Waals surface area contributed by atoms with Crippen LogP contribution >= 0.6 is 0 Å². The molecule has 0 aromatic heterocycles. The monoisotopic (exact) mass is 315 g/mol. The highest BCUT2D eigenvalue weighted by Gasteiger charge is 2.21. The largest absolute Gasteiger partial charge is 0.381 e. The molecule has 0 unspecified atom stereocenters. The highest BCUT2D eigenvalue weighted by molar-refractivity contribution is 5.76. The second-order valence-electron chi connectivity index (χ2n) is 6.77. The highest BCUT2D eigenvalue weighted by atomic mass is 16.5. The molecule has 2 rings (SSSR count). The van der Waals surface area contributed by atoms with Crippen LogP contribution in [0.15, 0.2) is 36.4 Å². The summed E-state index contributed by atoms with van der Waals surface area (Å²) in [5.41, 5.74) is 1.17. The van der Waals surface area contributed by atoms with Crippen LogP contribution in [0.5, 0.6) is 0 Å². The molecule has 1 fully saturated rings. The van der Waals surface area contributed by atoms with Gasteiger partial charge in [0.15, 0.2) is 0 Å². The minimum atomic E-state index is 0.281. The summed E-state index contributed by atoms with van der Waals surface area (Å²) in [7, 11) is 0. The summed E-state index contributed by atoms with van der Waals surface area (Å²) < 4.78 is 5.38. The van der Waals surface area contributed by atoms with Crippen LogP contribution in [0.4, 0.5) is 0 Å². The fourth-order valence-electron chi connectivity index (χ4n) is 2.93. The number of carbonyl (C=O) groups excluding carboxylic acids is 1. The number of amides is 1. The molecule has 1 aliphatic heterocycles. The van der Waals surface area contributed by atoms with Crippen molar-refractivity contribution in [3.63, 3.8) is 0 Å². The lowest BCUT2D eigenvalue weighted by Gasteiger charge is -2.27. The Bertz CT molecular complexity index is 490. The summed E-state index contributed by atoms with van der Waals surface area (Å²) in [6, 6.07) is 10.2. The maximum absolute atomic E-state index is 12.6. The van der Waals surface area contributed by atoms with E-state index in [1.54, 1.807) is 0 Å². The molecule has 0 spiro atoms. The summed E-state index contributed by atoms with van der Waals surface area (Å²) in [5, 5.41) is 0. The first-order chi connectivity index (χ1) is 11.1. The van der Waals surface area contributed by atoms with Crippen LogP contribution in [-0.2, 0) is 9.53 Å². The highest BCUT2D eigenvalue weighted by Crippen LogP contribution is 2.20. The van der Waals surface area contributed by atoms with Gasteiger partial charge in [-0.25, -0.2) is 0 Å². The Kier molecular flexibility index (Phi) is 7.34. The van der Waals surface area contributed by atoms with Gasteiger partial charge in [-0.1, -0.05) is 56.3 Å². The van der Waals surface area contributed by atoms with E-state index in [9.17, 15) is 4.79 Å². The molecule has 23 heavy (non-hydrogen) atoms. The molecule has 0 N–H and O–H groups in total. The Morgan fingerprint density at radius 3 is 2.61 bits per heavy atom. The molecule has 0 radical (unpaired) electrons. The minimum absolute atomic E-state index is 0.281. The quantitative estimate of drug-likeness (QED) is 0.761. The van der Waals surface area contributed by atoms with E-state index in [0.29, 0.717) is 24.8 Å². The molecule has 0 atom stereocenters. The molecule has 1 saturated heterocycles. The average Bonchev–Trinajstić information content (AvgIpc) is 2.55. The van der Waals surface area contributed by atoms with Gasteiger partial charge in [-0.15, -0.1) is 0 Å². The van der Waals surface area contributed by atoms with Crippen molar-refractivity contribution in [3.8, 4) is 0 Å². The molecule has 1 aromatic carbocycles. The van der Waals surface area contributed by atoms with Crippen molar-refractivity contribution in [2.24, 2.45) is 11.8 Å². The minimum Gasteiger partial charge on any atom is -0.381 e. The Hall–Kier alpha value is -1.61. The number of benzene rings is 1. The molecule has 3 nitrogen and oxygen atoms in total. The number of carbonyl (C=O) groups is 1. The van der Waals surface area contributed by atoms with Gasteiger partial charge >= 0.3 is 0 Å². The maximum atomic E-state index is 12.6. The van der Waals surface area contributed by atoms with Crippen LogP contribution in [0.25, 0.3) is 6.08 Å². The molecule has 1 amide bonds. The van der Waals surface area contributed by atoms with Crippen molar-refractivity contribution >= 4 is 12.0 Å². The number of hydrogen-bond acceptors (Lipinski definition) is 2. The molecule has 3 heteroatoms. The number of nitrogens with zero attached hydrogens (tertiary/aromatic N) is 1. The summed E-state index contributed by atoms with van der Waals surface area (Å²) >= 11 is 0. The van der Waals surface area contributed by atoms with Crippen LogP contribution in [0.2, 0.25) is 0 Å². The molecular formula is C20H29NO2. The average molecular weight is 315 g/mol. The van der Waals surface area contributed by atoms with Gasteiger partial charge in [0.05, 0.1) is 0 Å². The van der Waals surface area contributed by atoms with E-state index in [4.69, 9.17) is 4.74 Å². The van der Waals surface area contributed by atoms with E-state index in [-0.39, 0.29) is 5.91 Å². The maximum Gasteiger partial charge on any atom is 0.223 e. The van der Waals surface area contributed by atoms with E-state index in [1.165, 1.54) is 5.56 Å². The van der Waals surface area contributed by atoms with Crippen molar-refractivity contribution in [2.45, 2.75) is 33.1 Å². The Balaban J connectivity index is 1.89. The zero-order valence-electron chi connectivity index (χ0n) is 14.4. The Morgan fingerprint density at radius 2 is 1.96 bits per heavy atom. The molecular weight excluding hydrogens is 286 g/mol. The lowest BCUT2D eigenvalue weighted by molar-refractivity contribution is -0.132. The van der Waals surface area contributed by atoms with Crippen molar-refractivity contribution in [1.82, 2.24) is 4.90 Å². The lowest BCUT2D eigenvalue weighted by atomic mass is 9.95. The predicted molar refractivity (Wildman–Crippen MR) is 95.1 cm³/mol. The SMILES string of the molecule is CC(C)CN(C/C=C/c1ccccc1)C(=O)CC1CCOCC1. The van der Waals surface area contributed by atoms with Gasteiger partial charge in [0, 0.05) is 32.7 Å². The fourth-order valence-corrected chi connectivity index (χ4v) is 2.93. The van der Waals surface area contributed by atoms with Gasteiger partial charge < -0.3 is 9.64 Å². The zero-order valence-corrected chi connectivity index (χ0v) is 14.4. The van der Waals surface area contributed by atoms with E-state index in [1.807, 2.05) is 23.1 Å². The third kappa shape index (κ3) is 6.57. The lowest BCUT2D eigenvalue weighted by Crippen LogP contribution is -2.36. The van der Waals surface area contributed by atoms with E-state index >= 15 is 0 Å². The van der Waals surface area contributed by atoms with Crippen LogP contribution in [0.3, 0.4) is 0 Å². The molecule has 0 bridgehead atoms.